The number of aromatic nitrogens is 4. The number of H-pyrrole nitrogens is 1. The highest BCUT2D eigenvalue weighted by Gasteiger charge is 2.41. The molecule has 33 heavy (non-hydrogen) atoms. The van der Waals surface area contributed by atoms with E-state index < -0.39 is 32.7 Å². The summed E-state index contributed by atoms with van der Waals surface area (Å²) in [5.41, 5.74) is -1.69. The number of nitrogens with one attached hydrogen (secondary N) is 2. The average Bonchev–Trinajstić information content (AvgIpc) is 3.32. The Balaban J connectivity index is 1.95. The van der Waals surface area contributed by atoms with Gasteiger partial charge in [0.15, 0.2) is 0 Å². The minimum Gasteiger partial charge on any atom is -0.306 e. The molecule has 13 heteroatoms. The van der Waals surface area contributed by atoms with Crippen LogP contribution < -0.4 is 16.0 Å². The van der Waals surface area contributed by atoms with Crippen LogP contribution in [0.3, 0.4) is 0 Å². The SMILES string of the molecule is CON(C)C(=O)c1cc(S(=O)(=O)NC2(C)CC2)cc2c(=O)n(Cc3cnn(C)c3)c(=O)[nH]c12. The van der Waals surface area contributed by atoms with Crippen LogP contribution >= 0.6 is 0 Å². The Labute approximate surface area is 188 Å². The second-order valence-electron chi connectivity index (χ2n) is 8.39. The first-order chi connectivity index (χ1) is 15.4. The molecule has 0 bridgehead atoms. The largest absolute Gasteiger partial charge is 0.329 e. The van der Waals surface area contributed by atoms with Crippen LogP contribution in [0.5, 0.6) is 0 Å². The molecule has 176 valence electrons. The number of aryl methyl sites for hydroxylation is 1. The summed E-state index contributed by atoms with van der Waals surface area (Å²) in [6, 6.07) is 2.31. The van der Waals surface area contributed by atoms with Gasteiger partial charge in [0, 0.05) is 31.4 Å². The number of amides is 1. The van der Waals surface area contributed by atoms with E-state index in [0.29, 0.717) is 18.4 Å². The van der Waals surface area contributed by atoms with Gasteiger partial charge in [-0.3, -0.25) is 23.7 Å². The van der Waals surface area contributed by atoms with Crippen molar-refractivity contribution in [1.29, 1.82) is 0 Å². The third-order valence-corrected chi connectivity index (χ3v) is 7.26. The lowest BCUT2D eigenvalue weighted by Gasteiger charge is -2.17. The Kier molecular flexibility index (Phi) is 5.50. The highest BCUT2D eigenvalue weighted by Crippen LogP contribution is 2.36. The molecule has 0 saturated heterocycles. The van der Waals surface area contributed by atoms with Crippen molar-refractivity contribution in [2.45, 2.75) is 36.7 Å². The first-order valence-corrected chi connectivity index (χ1v) is 11.6. The number of fused-ring (bicyclic) bond motifs is 1. The zero-order chi connectivity index (χ0) is 24.1. The number of hydrogen-bond acceptors (Lipinski definition) is 7. The molecular formula is C20H24N6O6S. The van der Waals surface area contributed by atoms with Crippen molar-refractivity contribution >= 4 is 26.8 Å². The number of hydroxylamine groups is 2. The Hall–Kier alpha value is -3.29. The van der Waals surface area contributed by atoms with Gasteiger partial charge < -0.3 is 4.98 Å². The second-order valence-corrected chi connectivity index (χ2v) is 10.1. The standard InChI is InChI=1S/C20H24N6O6S/c1-20(5-6-20)23-33(30,31)13-7-14(17(27)25(3)32-4)16-15(8-13)18(28)26(19(29)22-16)11-12-9-21-24(2)10-12/h7-10,23H,5-6,11H2,1-4H3,(H,22,29). The van der Waals surface area contributed by atoms with Crippen molar-refractivity contribution in [2.75, 3.05) is 14.2 Å². The number of hydrogen-bond donors (Lipinski definition) is 2. The lowest BCUT2D eigenvalue weighted by molar-refractivity contribution is -0.0756. The van der Waals surface area contributed by atoms with Crippen LogP contribution in [0, 0.1) is 0 Å². The van der Waals surface area contributed by atoms with Gasteiger partial charge in [0.1, 0.15) is 0 Å². The summed E-state index contributed by atoms with van der Waals surface area (Å²) in [6.07, 6.45) is 4.53. The van der Waals surface area contributed by atoms with E-state index in [-0.39, 0.29) is 27.9 Å². The molecule has 4 rings (SSSR count). The molecule has 1 aliphatic carbocycles. The summed E-state index contributed by atoms with van der Waals surface area (Å²) in [5.74, 6) is -0.725. The molecule has 0 spiro atoms. The number of carbonyl (C=O) groups excluding carboxylic acids is 1. The lowest BCUT2D eigenvalue weighted by atomic mass is 10.1. The average molecular weight is 477 g/mol. The molecule has 2 heterocycles. The Morgan fingerprint density at radius 1 is 1.33 bits per heavy atom. The van der Waals surface area contributed by atoms with Crippen LogP contribution in [0.4, 0.5) is 0 Å². The maximum absolute atomic E-state index is 13.3. The number of aromatic amines is 1. The fraction of sp³-hybridized carbons (Fsp3) is 0.400. The van der Waals surface area contributed by atoms with E-state index >= 15 is 0 Å². The number of rotatable bonds is 7. The summed E-state index contributed by atoms with van der Waals surface area (Å²) in [7, 11) is 0.252. The monoisotopic (exact) mass is 476 g/mol. The molecule has 12 nitrogen and oxygen atoms in total. The van der Waals surface area contributed by atoms with Crippen molar-refractivity contribution in [3.8, 4) is 0 Å². The van der Waals surface area contributed by atoms with E-state index in [4.69, 9.17) is 4.84 Å². The van der Waals surface area contributed by atoms with Crippen LogP contribution in [0.2, 0.25) is 0 Å². The predicted octanol–water partition coefficient (Wildman–Crippen LogP) is -0.0642. The van der Waals surface area contributed by atoms with E-state index in [1.165, 1.54) is 31.1 Å². The highest BCUT2D eigenvalue weighted by molar-refractivity contribution is 7.89. The minimum atomic E-state index is -4.05. The van der Waals surface area contributed by atoms with Gasteiger partial charge >= 0.3 is 5.69 Å². The van der Waals surface area contributed by atoms with Gasteiger partial charge in [-0.05, 0) is 31.9 Å². The third-order valence-electron chi connectivity index (χ3n) is 5.64. The van der Waals surface area contributed by atoms with Gasteiger partial charge in [-0.25, -0.2) is 23.0 Å². The molecule has 1 aromatic carbocycles. The molecule has 2 aromatic heterocycles. The summed E-state index contributed by atoms with van der Waals surface area (Å²) < 4.78 is 31.2. The fourth-order valence-corrected chi connectivity index (χ4v) is 4.98. The smallest absolute Gasteiger partial charge is 0.306 e. The van der Waals surface area contributed by atoms with Gasteiger partial charge in [-0.15, -0.1) is 0 Å². The highest BCUT2D eigenvalue weighted by atomic mass is 32.2. The van der Waals surface area contributed by atoms with E-state index in [1.807, 2.05) is 0 Å². The van der Waals surface area contributed by atoms with Gasteiger partial charge in [0.2, 0.25) is 10.0 Å². The molecule has 1 saturated carbocycles. The van der Waals surface area contributed by atoms with Crippen molar-refractivity contribution in [3.05, 3.63) is 56.5 Å². The Morgan fingerprint density at radius 2 is 2.03 bits per heavy atom. The number of sulfonamides is 1. The molecule has 1 fully saturated rings. The van der Waals surface area contributed by atoms with Crippen LogP contribution in [-0.4, -0.2) is 58.4 Å². The van der Waals surface area contributed by atoms with E-state index in [2.05, 4.69) is 14.8 Å². The van der Waals surface area contributed by atoms with Crippen LogP contribution in [0.25, 0.3) is 10.9 Å². The first-order valence-electron chi connectivity index (χ1n) is 10.1. The fourth-order valence-electron chi connectivity index (χ4n) is 3.46. The number of nitrogens with zero attached hydrogens (tertiary/aromatic N) is 4. The number of benzene rings is 1. The van der Waals surface area contributed by atoms with Gasteiger partial charge in [0.25, 0.3) is 11.5 Å². The quantitative estimate of drug-likeness (QED) is 0.454. The van der Waals surface area contributed by atoms with Crippen molar-refractivity contribution in [1.82, 2.24) is 29.1 Å². The van der Waals surface area contributed by atoms with Crippen molar-refractivity contribution < 1.29 is 18.0 Å². The molecule has 1 aliphatic rings. The van der Waals surface area contributed by atoms with Gasteiger partial charge in [-0.2, -0.15) is 5.10 Å². The normalized spacial score (nSPS) is 15.0. The maximum atomic E-state index is 13.3. The predicted molar refractivity (Wildman–Crippen MR) is 118 cm³/mol. The zero-order valence-electron chi connectivity index (χ0n) is 18.6. The van der Waals surface area contributed by atoms with E-state index in [1.54, 1.807) is 20.2 Å². The van der Waals surface area contributed by atoms with E-state index in [0.717, 1.165) is 15.7 Å². The van der Waals surface area contributed by atoms with E-state index in [9.17, 15) is 22.8 Å². The first kappa shape index (κ1) is 22.9. The van der Waals surface area contributed by atoms with Crippen LogP contribution in [0.1, 0.15) is 35.7 Å². The number of carbonyl (C=O) groups is 1. The van der Waals surface area contributed by atoms with Crippen LogP contribution in [-0.2, 0) is 28.5 Å². The summed E-state index contributed by atoms with van der Waals surface area (Å²) >= 11 is 0. The zero-order valence-corrected chi connectivity index (χ0v) is 19.4. The van der Waals surface area contributed by atoms with Crippen LogP contribution in [0.15, 0.2) is 39.0 Å². The molecule has 0 aliphatic heterocycles. The molecular weight excluding hydrogens is 452 g/mol. The third kappa shape index (κ3) is 4.34. The van der Waals surface area contributed by atoms with Gasteiger partial charge in [-0.1, -0.05) is 0 Å². The van der Waals surface area contributed by atoms with Crippen molar-refractivity contribution in [2.24, 2.45) is 7.05 Å². The second kappa shape index (κ2) is 7.93. The minimum absolute atomic E-state index is 0.0714. The Bertz CT molecular complexity index is 1480. The molecule has 2 N–H and O–H groups in total. The topological polar surface area (TPSA) is 148 Å². The summed E-state index contributed by atoms with van der Waals surface area (Å²) in [6.45, 7) is 1.70. The van der Waals surface area contributed by atoms with Crippen molar-refractivity contribution in [3.63, 3.8) is 0 Å². The molecule has 0 radical (unpaired) electrons. The molecule has 3 aromatic rings. The molecule has 1 amide bonds. The maximum Gasteiger partial charge on any atom is 0.329 e. The lowest BCUT2D eigenvalue weighted by Crippen LogP contribution is -2.37. The molecule has 0 unspecified atom stereocenters. The Morgan fingerprint density at radius 3 is 2.61 bits per heavy atom. The summed E-state index contributed by atoms with van der Waals surface area (Å²) in [4.78, 5) is 46.2. The van der Waals surface area contributed by atoms with Gasteiger partial charge in [0.05, 0.1) is 41.2 Å². The summed E-state index contributed by atoms with van der Waals surface area (Å²) in [5, 5.41) is 4.78. The molecule has 0 atom stereocenters.